The van der Waals surface area contributed by atoms with Crippen LogP contribution in [0.25, 0.3) is 0 Å². The van der Waals surface area contributed by atoms with Gasteiger partial charge in [-0.2, -0.15) is 0 Å². The molecule has 4 nitrogen and oxygen atoms in total. The molecule has 0 saturated heterocycles. The molecule has 5 heteroatoms. The van der Waals surface area contributed by atoms with Gasteiger partial charge >= 0.3 is 0 Å². The van der Waals surface area contributed by atoms with Gasteiger partial charge in [-0.25, -0.2) is 0 Å². The Morgan fingerprint density at radius 1 is 1.41 bits per heavy atom. The first kappa shape index (κ1) is 13.9. The molecule has 0 aliphatic rings. The fourth-order valence-electron chi connectivity index (χ4n) is 1.08. The van der Waals surface area contributed by atoms with Crippen molar-refractivity contribution in [3.05, 3.63) is 23.0 Å². The molecule has 94 valence electrons. The zero-order valence-electron chi connectivity index (χ0n) is 10.6. The van der Waals surface area contributed by atoms with E-state index in [0.29, 0.717) is 12.5 Å². The third kappa shape index (κ3) is 4.30. The summed E-state index contributed by atoms with van der Waals surface area (Å²) < 4.78 is 0. The third-order valence-electron chi connectivity index (χ3n) is 2.91. The van der Waals surface area contributed by atoms with Crippen molar-refractivity contribution < 1.29 is 4.79 Å². The van der Waals surface area contributed by atoms with Crippen molar-refractivity contribution in [3.8, 4) is 0 Å². The van der Waals surface area contributed by atoms with Gasteiger partial charge in [-0.3, -0.25) is 4.79 Å². The van der Waals surface area contributed by atoms with E-state index in [1.165, 1.54) is 0 Å². The summed E-state index contributed by atoms with van der Waals surface area (Å²) in [7, 11) is 0. The molecule has 1 amide bonds. The molecule has 0 fully saturated rings. The highest BCUT2D eigenvalue weighted by Gasteiger charge is 2.20. The molecule has 1 aromatic heterocycles. The van der Waals surface area contributed by atoms with E-state index in [1.54, 1.807) is 12.1 Å². The van der Waals surface area contributed by atoms with E-state index >= 15 is 0 Å². The normalized spacial score (nSPS) is 13.2. The second-order valence-corrected chi connectivity index (χ2v) is 5.61. The lowest BCUT2D eigenvalue weighted by atomic mass is 9.82. The van der Waals surface area contributed by atoms with Gasteiger partial charge in [-0.15, -0.1) is 10.2 Å². The van der Waals surface area contributed by atoms with Crippen LogP contribution in [0.15, 0.2) is 12.1 Å². The summed E-state index contributed by atoms with van der Waals surface area (Å²) in [6, 6.07) is 3.11. The zero-order chi connectivity index (χ0) is 13.1. The fraction of sp³-hybridized carbons (Fsp3) is 0.583. The molecule has 0 radical (unpaired) electrons. The molecule has 0 aromatic carbocycles. The maximum atomic E-state index is 11.7. The molecule has 17 heavy (non-hydrogen) atoms. The van der Waals surface area contributed by atoms with Crippen LogP contribution in [0.1, 0.15) is 38.2 Å². The van der Waals surface area contributed by atoms with Crippen molar-refractivity contribution in [2.24, 2.45) is 11.3 Å². The first-order chi connectivity index (χ1) is 7.80. The molecule has 1 rings (SSSR count). The Kier molecular flexibility index (Phi) is 4.46. The van der Waals surface area contributed by atoms with Crippen LogP contribution in [0.3, 0.4) is 0 Å². The van der Waals surface area contributed by atoms with Crippen molar-refractivity contribution in [2.45, 2.75) is 27.7 Å². The average molecular weight is 256 g/mol. The summed E-state index contributed by atoms with van der Waals surface area (Å²) in [5, 5.41) is 10.5. The van der Waals surface area contributed by atoms with E-state index in [-0.39, 0.29) is 22.2 Å². The molecular formula is C12H18ClN3O. The second-order valence-electron chi connectivity index (χ2n) is 5.22. The number of rotatable bonds is 3. The monoisotopic (exact) mass is 255 g/mol. The first-order valence-electron chi connectivity index (χ1n) is 5.58. The lowest BCUT2D eigenvalue weighted by Crippen LogP contribution is -2.34. The average Bonchev–Trinajstić information content (AvgIpc) is 2.25. The summed E-state index contributed by atoms with van der Waals surface area (Å²) in [6.45, 7) is 9.16. The number of carbonyl (C=O) groups excluding carboxylic acids is 1. The lowest BCUT2D eigenvalue weighted by molar-refractivity contribution is 0.0931. The minimum atomic E-state index is -0.217. The molecule has 0 aliphatic carbocycles. The highest BCUT2D eigenvalue weighted by molar-refractivity contribution is 6.29. The molecule has 1 N–H and O–H groups in total. The topological polar surface area (TPSA) is 54.9 Å². The molecule has 0 spiro atoms. The Balaban J connectivity index is 2.53. The van der Waals surface area contributed by atoms with Gasteiger partial charge in [-0.05, 0) is 23.5 Å². The number of carbonyl (C=O) groups is 1. The quantitative estimate of drug-likeness (QED) is 0.903. The Morgan fingerprint density at radius 3 is 2.53 bits per heavy atom. The number of halogens is 1. The van der Waals surface area contributed by atoms with Gasteiger partial charge < -0.3 is 5.32 Å². The van der Waals surface area contributed by atoms with Crippen LogP contribution in [0.5, 0.6) is 0 Å². The van der Waals surface area contributed by atoms with E-state index in [4.69, 9.17) is 11.6 Å². The molecule has 0 bridgehead atoms. The van der Waals surface area contributed by atoms with Crippen LogP contribution < -0.4 is 5.32 Å². The van der Waals surface area contributed by atoms with Gasteiger partial charge in [0.05, 0.1) is 0 Å². The summed E-state index contributed by atoms with van der Waals surface area (Å²) in [6.07, 6.45) is 0. The van der Waals surface area contributed by atoms with Gasteiger partial charge in [0.25, 0.3) is 5.91 Å². The maximum Gasteiger partial charge on any atom is 0.271 e. The largest absolute Gasteiger partial charge is 0.350 e. The number of nitrogens with zero attached hydrogens (tertiary/aromatic N) is 2. The highest BCUT2D eigenvalue weighted by Crippen LogP contribution is 2.24. The van der Waals surface area contributed by atoms with Crippen molar-refractivity contribution in [1.29, 1.82) is 0 Å². The molecule has 1 unspecified atom stereocenters. The van der Waals surface area contributed by atoms with Gasteiger partial charge in [0, 0.05) is 6.54 Å². The van der Waals surface area contributed by atoms with E-state index < -0.39 is 0 Å². The minimum absolute atomic E-state index is 0.166. The van der Waals surface area contributed by atoms with Gasteiger partial charge in [0.2, 0.25) is 0 Å². The third-order valence-corrected chi connectivity index (χ3v) is 3.11. The molecule has 0 saturated carbocycles. The minimum Gasteiger partial charge on any atom is -0.350 e. The van der Waals surface area contributed by atoms with E-state index in [2.05, 4.69) is 43.2 Å². The Labute approximate surface area is 107 Å². The Morgan fingerprint density at radius 2 is 2.06 bits per heavy atom. The van der Waals surface area contributed by atoms with E-state index in [0.717, 1.165) is 0 Å². The summed E-state index contributed by atoms with van der Waals surface area (Å²) in [4.78, 5) is 11.7. The van der Waals surface area contributed by atoms with Crippen molar-refractivity contribution in [3.63, 3.8) is 0 Å². The smallest absolute Gasteiger partial charge is 0.271 e. The lowest BCUT2D eigenvalue weighted by Gasteiger charge is -2.27. The summed E-state index contributed by atoms with van der Waals surface area (Å²) in [5.74, 6) is 0.164. The van der Waals surface area contributed by atoms with Crippen LogP contribution >= 0.6 is 11.6 Å². The Bertz CT molecular complexity index is 384. The number of hydrogen-bond donors (Lipinski definition) is 1. The summed E-state index contributed by atoms with van der Waals surface area (Å²) in [5.41, 5.74) is 0.453. The van der Waals surface area contributed by atoms with Crippen LogP contribution in [0.4, 0.5) is 0 Å². The van der Waals surface area contributed by atoms with Gasteiger partial charge in [-0.1, -0.05) is 39.3 Å². The van der Waals surface area contributed by atoms with E-state index in [9.17, 15) is 4.79 Å². The first-order valence-corrected chi connectivity index (χ1v) is 5.96. The molecule has 0 aliphatic heterocycles. The van der Waals surface area contributed by atoms with Gasteiger partial charge in [0.15, 0.2) is 10.8 Å². The molecule has 1 atom stereocenters. The zero-order valence-corrected chi connectivity index (χ0v) is 11.4. The number of amides is 1. The molecule has 1 heterocycles. The van der Waals surface area contributed by atoms with E-state index in [1.807, 2.05) is 0 Å². The van der Waals surface area contributed by atoms with Crippen molar-refractivity contribution in [2.75, 3.05) is 6.54 Å². The highest BCUT2D eigenvalue weighted by atomic mass is 35.5. The number of nitrogens with one attached hydrogen (secondary N) is 1. The second kappa shape index (κ2) is 5.45. The molecule has 1 aromatic rings. The SMILES string of the molecule is CC(CNC(=O)c1ccc(Cl)nn1)C(C)(C)C. The standard InChI is InChI=1S/C12H18ClN3O/c1-8(12(2,3)4)7-14-11(17)9-5-6-10(13)16-15-9/h5-6,8H,7H2,1-4H3,(H,14,17). The Hall–Kier alpha value is -1.16. The number of hydrogen-bond acceptors (Lipinski definition) is 3. The summed E-state index contributed by atoms with van der Waals surface area (Å²) >= 11 is 5.60. The van der Waals surface area contributed by atoms with Crippen molar-refractivity contribution in [1.82, 2.24) is 15.5 Å². The number of aromatic nitrogens is 2. The van der Waals surface area contributed by atoms with Crippen LogP contribution in [-0.2, 0) is 0 Å². The predicted octanol–water partition coefficient (Wildman–Crippen LogP) is 2.54. The molecular weight excluding hydrogens is 238 g/mol. The van der Waals surface area contributed by atoms with Crippen LogP contribution in [-0.4, -0.2) is 22.6 Å². The predicted molar refractivity (Wildman–Crippen MR) is 68.0 cm³/mol. The maximum absolute atomic E-state index is 11.7. The van der Waals surface area contributed by atoms with Crippen molar-refractivity contribution >= 4 is 17.5 Å². The van der Waals surface area contributed by atoms with Crippen LogP contribution in [0.2, 0.25) is 5.15 Å². The fourth-order valence-corrected chi connectivity index (χ4v) is 1.18. The van der Waals surface area contributed by atoms with Crippen LogP contribution in [0, 0.1) is 11.3 Å². The van der Waals surface area contributed by atoms with Gasteiger partial charge in [0.1, 0.15) is 0 Å².